The van der Waals surface area contributed by atoms with Crippen LogP contribution in [-0.2, 0) is 16.0 Å². The first-order valence-corrected chi connectivity index (χ1v) is 13.1. The Bertz CT molecular complexity index is 1830. The van der Waals surface area contributed by atoms with Gasteiger partial charge in [0.2, 0.25) is 0 Å². The van der Waals surface area contributed by atoms with E-state index in [0.29, 0.717) is 0 Å². The molecule has 0 aliphatic heterocycles. The number of aliphatic carboxylic acids is 1. The van der Waals surface area contributed by atoms with Crippen molar-refractivity contribution < 1.29 is 19.4 Å². The van der Waals surface area contributed by atoms with Gasteiger partial charge in [-0.25, -0.2) is 9.59 Å². The monoisotopic (exact) mass is 511 g/mol. The quantitative estimate of drug-likeness (QED) is 0.234. The highest BCUT2D eigenvalue weighted by Crippen LogP contribution is 2.44. The minimum absolute atomic E-state index is 0.0935. The van der Waals surface area contributed by atoms with Crippen LogP contribution in [0.2, 0.25) is 0 Å². The summed E-state index contributed by atoms with van der Waals surface area (Å²) in [4.78, 5) is 25.1. The first-order valence-electron chi connectivity index (χ1n) is 13.1. The van der Waals surface area contributed by atoms with Crippen LogP contribution in [0.3, 0.4) is 0 Å². The van der Waals surface area contributed by atoms with Crippen LogP contribution >= 0.6 is 0 Å². The molecule has 2 N–H and O–H groups in total. The topological polar surface area (TPSA) is 75.6 Å². The summed E-state index contributed by atoms with van der Waals surface area (Å²) in [7, 11) is 0. The van der Waals surface area contributed by atoms with Crippen molar-refractivity contribution in [1.29, 1.82) is 0 Å². The lowest BCUT2D eigenvalue weighted by Gasteiger charge is -2.19. The minimum Gasteiger partial charge on any atom is -0.480 e. The molecule has 0 saturated carbocycles. The number of carbonyl (C=O) groups is 2. The molecule has 0 saturated heterocycles. The third-order valence-electron chi connectivity index (χ3n) is 7.98. The highest BCUT2D eigenvalue weighted by Gasteiger charge is 2.30. The largest absolute Gasteiger partial charge is 0.480 e. The Labute approximate surface area is 225 Å². The van der Waals surface area contributed by atoms with E-state index in [2.05, 4.69) is 59.9 Å². The molecule has 6 aromatic rings. The second-order valence-corrected chi connectivity index (χ2v) is 10.1. The zero-order valence-electron chi connectivity index (χ0n) is 21.1. The Morgan fingerprint density at radius 2 is 1.31 bits per heavy atom. The number of amides is 1. The van der Waals surface area contributed by atoms with Crippen LogP contribution in [0, 0.1) is 0 Å². The van der Waals surface area contributed by atoms with Crippen LogP contribution in [0.5, 0.6) is 0 Å². The second-order valence-electron chi connectivity index (χ2n) is 10.1. The summed E-state index contributed by atoms with van der Waals surface area (Å²) in [5, 5.41) is 19.3. The minimum atomic E-state index is -1.13. The van der Waals surface area contributed by atoms with Gasteiger partial charge in [-0.15, -0.1) is 0 Å². The standard InChI is InChI=1S/C34H25NO4/c36-33(37)30(18-23-15-14-22-13-12-20-6-5-7-21-16-17-24(23)32(22)31(20)21)35-34(38)39-19-29-27-10-3-1-8-25(27)26-9-2-4-11-28(26)29/h1-17,29-30H,18-19H2,(H,35,38)(H,36,37)/t30-/m0/s1. The van der Waals surface area contributed by atoms with Crippen LogP contribution in [0.15, 0.2) is 103 Å². The number of nitrogens with one attached hydrogen (secondary N) is 1. The van der Waals surface area contributed by atoms with E-state index in [4.69, 9.17) is 4.74 Å². The first-order chi connectivity index (χ1) is 19.1. The molecule has 1 atom stereocenters. The fourth-order valence-corrected chi connectivity index (χ4v) is 6.18. The SMILES string of the molecule is O=C(N[C@@H](Cc1ccc2ccc3cccc4ccc1c2c34)C(=O)O)OCC1c2ccccc2-c2ccccc21. The van der Waals surface area contributed by atoms with Gasteiger partial charge in [0.1, 0.15) is 12.6 Å². The summed E-state index contributed by atoms with van der Waals surface area (Å²) in [5.41, 5.74) is 5.36. The molecule has 0 aromatic heterocycles. The lowest BCUT2D eigenvalue weighted by molar-refractivity contribution is -0.139. The molecule has 0 fully saturated rings. The zero-order valence-corrected chi connectivity index (χ0v) is 21.1. The summed E-state index contributed by atoms with van der Waals surface area (Å²) in [6, 6.07) is 33.6. The van der Waals surface area contributed by atoms with Gasteiger partial charge < -0.3 is 15.2 Å². The molecule has 0 bridgehead atoms. The molecule has 7 rings (SSSR count). The second kappa shape index (κ2) is 9.14. The van der Waals surface area contributed by atoms with E-state index >= 15 is 0 Å². The number of carboxylic acid groups (broad SMARTS) is 1. The number of ether oxygens (including phenoxy) is 1. The Hall–Kier alpha value is -4.90. The Kier molecular flexibility index (Phi) is 5.44. The van der Waals surface area contributed by atoms with Crippen molar-refractivity contribution in [2.75, 3.05) is 6.61 Å². The highest BCUT2D eigenvalue weighted by molar-refractivity contribution is 6.23. The smallest absolute Gasteiger partial charge is 0.407 e. The van der Waals surface area contributed by atoms with E-state index in [9.17, 15) is 14.7 Å². The van der Waals surface area contributed by atoms with Crippen molar-refractivity contribution in [3.05, 3.63) is 120 Å². The molecule has 0 spiro atoms. The fraction of sp³-hybridized carbons (Fsp3) is 0.118. The Balaban J connectivity index is 1.13. The third kappa shape index (κ3) is 3.86. The molecular weight excluding hydrogens is 486 g/mol. The molecule has 1 aliphatic rings. The normalized spacial score (nSPS) is 13.4. The van der Waals surface area contributed by atoms with Gasteiger partial charge in [0.25, 0.3) is 0 Å². The van der Waals surface area contributed by atoms with E-state index in [-0.39, 0.29) is 18.9 Å². The van der Waals surface area contributed by atoms with Crippen molar-refractivity contribution in [2.45, 2.75) is 18.4 Å². The van der Waals surface area contributed by atoms with E-state index < -0.39 is 18.1 Å². The number of fused-ring (bicyclic) bond motifs is 3. The highest BCUT2D eigenvalue weighted by atomic mass is 16.5. The number of benzene rings is 6. The van der Waals surface area contributed by atoms with E-state index in [1.165, 1.54) is 5.39 Å². The average molecular weight is 512 g/mol. The molecule has 0 heterocycles. The number of hydrogen-bond donors (Lipinski definition) is 2. The van der Waals surface area contributed by atoms with Crippen molar-refractivity contribution in [3.8, 4) is 11.1 Å². The number of carbonyl (C=O) groups excluding carboxylic acids is 1. The number of carboxylic acids is 1. The van der Waals surface area contributed by atoms with Gasteiger partial charge in [0.05, 0.1) is 0 Å². The maximum atomic E-state index is 12.9. The van der Waals surface area contributed by atoms with Crippen LogP contribution in [-0.4, -0.2) is 29.8 Å². The summed E-state index contributed by atoms with van der Waals surface area (Å²) in [5.74, 6) is -1.20. The van der Waals surface area contributed by atoms with Crippen molar-refractivity contribution in [3.63, 3.8) is 0 Å². The number of rotatable bonds is 6. The molecule has 5 heteroatoms. The van der Waals surface area contributed by atoms with Gasteiger partial charge in [0, 0.05) is 12.3 Å². The van der Waals surface area contributed by atoms with Gasteiger partial charge in [-0.3, -0.25) is 0 Å². The molecule has 39 heavy (non-hydrogen) atoms. The van der Waals surface area contributed by atoms with Gasteiger partial charge in [0.15, 0.2) is 0 Å². The summed E-state index contributed by atoms with van der Waals surface area (Å²) < 4.78 is 5.62. The molecular formula is C34H25NO4. The van der Waals surface area contributed by atoms with Crippen molar-refractivity contribution >= 4 is 44.4 Å². The number of hydrogen-bond acceptors (Lipinski definition) is 3. The molecule has 5 nitrogen and oxygen atoms in total. The molecule has 6 aromatic carbocycles. The predicted molar refractivity (Wildman–Crippen MR) is 153 cm³/mol. The summed E-state index contributed by atoms with van der Waals surface area (Å²) in [6.45, 7) is 0.130. The Morgan fingerprint density at radius 3 is 1.97 bits per heavy atom. The van der Waals surface area contributed by atoms with Gasteiger partial charge in [-0.1, -0.05) is 103 Å². The van der Waals surface area contributed by atoms with Gasteiger partial charge in [-0.05, 0) is 60.1 Å². The lowest BCUT2D eigenvalue weighted by Crippen LogP contribution is -2.43. The van der Waals surface area contributed by atoms with E-state index in [1.807, 2.05) is 48.5 Å². The average Bonchev–Trinajstić information content (AvgIpc) is 3.28. The fourth-order valence-electron chi connectivity index (χ4n) is 6.18. The first kappa shape index (κ1) is 23.2. The zero-order chi connectivity index (χ0) is 26.5. The molecule has 0 radical (unpaired) electrons. The van der Waals surface area contributed by atoms with Crippen LogP contribution in [0.1, 0.15) is 22.6 Å². The molecule has 1 amide bonds. The van der Waals surface area contributed by atoms with Crippen LogP contribution < -0.4 is 5.32 Å². The lowest BCUT2D eigenvalue weighted by atomic mass is 9.90. The van der Waals surface area contributed by atoms with Crippen molar-refractivity contribution in [2.24, 2.45) is 0 Å². The van der Waals surface area contributed by atoms with E-state index in [1.54, 1.807) is 0 Å². The van der Waals surface area contributed by atoms with Gasteiger partial charge >= 0.3 is 12.1 Å². The summed E-state index contributed by atoms with van der Waals surface area (Å²) >= 11 is 0. The molecule has 190 valence electrons. The van der Waals surface area contributed by atoms with Gasteiger partial charge in [-0.2, -0.15) is 0 Å². The molecule has 1 aliphatic carbocycles. The maximum Gasteiger partial charge on any atom is 0.407 e. The maximum absolute atomic E-state index is 12.9. The van der Waals surface area contributed by atoms with Crippen LogP contribution in [0.25, 0.3) is 43.4 Å². The van der Waals surface area contributed by atoms with Crippen molar-refractivity contribution in [1.82, 2.24) is 5.32 Å². The van der Waals surface area contributed by atoms with E-state index in [0.717, 1.165) is 54.7 Å². The third-order valence-corrected chi connectivity index (χ3v) is 7.98. The molecule has 0 unspecified atom stereocenters. The predicted octanol–water partition coefficient (Wildman–Crippen LogP) is 7.12. The summed E-state index contributed by atoms with van der Waals surface area (Å²) in [6.07, 6.45) is -0.588. The Morgan fingerprint density at radius 1 is 0.718 bits per heavy atom. The van der Waals surface area contributed by atoms with Crippen LogP contribution in [0.4, 0.5) is 4.79 Å². The number of alkyl carbamates (subject to hydrolysis) is 1.